The Morgan fingerprint density at radius 1 is 0.629 bits per heavy atom. The number of thiazole rings is 1. The van der Waals surface area contributed by atoms with Gasteiger partial charge in [-0.05, 0) is 95.7 Å². The van der Waals surface area contributed by atoms with Crippen molar-refractivity contribution in [3.63, 3.8) is 0 Å². The van der Waals surface area contributed by atoms with Crippen LogP contribution >= 0.6 is 46.1 Å². The number of hydrogen-bond donors (Lipinski definition) is 5. The second kappa shape index (κ2) is 19.2. The summed E-state index contributed by atoms with van der Waals surface area (Å²) in [5.74, 6) is 0.390. The fourth-order valence-electron chi connectivity index (χ4n) is 10.6. The van der Waals surface area contributed by atoms with E-state index >= 15 is 0 Å². The first-order chi connectivity index (χ1) is 33.8. The minimum absolute atomic E-state index is 0.103. The number of aromatic nitrogens is 7. The van der Waals surface area contributed by atoms with E-state index in [1.165, 1.54) is 20.5 Å². The predicted octanol–water partition coefficient (Wildman–Crippen LogP) is 8.70. The highest BCUT2D eigenvalue weighted by Gasteiger charge is 2.54. The van der Waals surface area contributed by atoms with E-state index in [1.807, 2.05) is 69.6 Å². The molecule has 5 aliphatic heterocycles. The normalized spacial score (nSPS) is 19.2. The quantitative estimate of drug-likeness (QED) is 0.0996. The van der Waals surface area contributed by atoms with Gasteiger partial charge in [0.1, 0.15) is 11.1 Å². The first kappa shape index (κ1) is 47.5. The Bertz CT molecular complexity index is 3080. The molecule has 0 atom stereocenters. The second-order valence-corrected chi connectivity index (χ2v) is 21.0. The van der Waals surface area contributed by atoms with Crippen molar-refractivity contribution in [1.82, 2.24) is 56.0 Å². The van der Waals surface area contributed by atoms with E-state index in [0.717, 1.165) is 75.0 Å². The number of piperidine rings is 3. The van der Waals surface area contributed by atoms with Gasteiger partial charge in [-0.15, -0.1) is 11.3 Å². The molecule has 5 N–H and O–H groups in total. The number of carbonyl (C=O) groups is 4. The average molecular weight is 1030 g/mol. The number of anilines is 3. The number of imide groups is 2. The zero-order valence-electron chi connectivity index (χ0n) is 38.9. The summed E-state index contributed by atoms with van der Waals surface area (Å²) in [4.78, 5) is 63.4. The summed E-state index contributed by atoms with van der Waals surface area (Å²) in [5, 5.41) is 35.6. The number of amides is 6. The lowest BCUT2D eigenvalue weighted by atomic mass is 9.87. The summed E-state index contributed by atoms with van der Waals surface area (Å²) >= 11 is 20.4. The molecule has 0 aliphatic carbocycles. The molecule has 3 aromatic carbocycles. The van der Waals surface area contributed by atoms with Crippen LogP contribution in [0.2, 0.25) is 15.1 Å². The summed E-state index contributed by atoms with van der Waals surface area (Å²) in [6.45, 7) is 10.7. The van der Waals surface area contributed by atoms with E-state index in [4.69, 9.17) is 34.8 Å². The van der Waals surface area contributed by atoms with Crippen molar-refractivity contribution >= 4 is 120 Å². The van der Waals surface area contributed by atoms with Crippen LogP contribution in [0.4, 0.5) is 26.7 Å². The molecule has 22 heteroatoms. The summed E-state index contributed by atoms with van der Waals surface area (Å²) in [5.41, 5.74) is 4.44. The van der Waals surface area contributed by atoms with E-state index in [0.29, 0.717) is 74.4 Å². The summed E-state index contributed by atoms with van der Waals surface area (Å²) in [7, 11) is 0. The Labute approximate surface area is 422 Å². The smallest absolute Gasteiger partial charge is 0.325 e. The van der Waals surface area contributed by atoms with Crippen molar-refractivity contribution in [1.29, 1.82) is 0 Å². The molecule has 4 aromatic heterocycles. The SMILES string of the molecule is CC(C)N1C(=O)NC2(CCN(c3cc(Cl)cc4[nH]ncc34)CC2)C1=O.CCN1C(=O)NC2(CCN(c3cc(Cl)cc4[nH]ncc34)CC2)C1=O.Clc1cc(N2CCC(c3nccs3)CC2)c2cn[nH]c2c1. The Balaban J connectivity index is 0.000000122. The Kier molecular flexibility index (Phi) is 13.0. The zero-order chi connectivity index (χ0) is 48.9. The van der Waals surface area contributed by atoms with Crippen molar-refractivity contribution in [3.05, 3.63) is 86.6 Å². The van der Waals surface area contributed by atoms with Gasteiger partial charge < -0.3 is 25.3 Å². The maximum atomic E-state index is 12.8. The maximum absolute atomic E-state index is 12.8. The molecule has 0 bridgehead atoms. The first-order valence-corrected chi connectivity index (χ1v) is 25.6. The number of urea groups is 2. The molecular weight excluding hydrogens is 975 g/mol. The van der Waals surface area contributed by atoms with Gasteiger partial charge in [-0.3, -0.25) is 34.7 Å². The highest BCUT2D eigenvalue weighted by molar-refractivity contribution is 7.09. The van der Waals surface area contributed by atoms with Gasteiger partial charge in [0.05, 0.1) is 40.1 Å². The predicted molar refractivity (Wildman–Crippen MR) is 274 cm³/mol. The number of benzene rings is 3. The van der Waals surface area contributed by atoms with Crippen LogP contribution in [-0.4, -0.2) is 132 Å². The van der Waals surface area contributed by atoms with Crippen LogP contribution in [0.3, 0.4) is 0 Å². The maximum Gasteiger partial charge on any atom is 0.325 e. The lowest BCUT2D eigenvalue weighted by Gasteiger charge is -2.38. The van der Waals surface area contributed by atoms with Gasteiger partial charge in [-0.25, -0.2) is 14.6 Å². The topological polar surface area (TPSA) is 207 Å². The molecule has 9 heterocycles. The highest BCUT2D eigenvalue weighted by Crippen LogP contribution is 2.39. The number of H-pyrrole nitrogens is 3. The van der Waals surface area contributed by atoms with Crippen LogP contribution in [0.25, 0.3) is 32.7 Å². The molecule has 0 radical (unpaired) electrons. The monoisotopic (exact) mass is 1030 g/mol. The number of hydrogen-bond acceptors (Lipinski definition) is 12. The molecule has 6 amide bonds. The third-order valence-corrected chi connectivity index (χ3v) is 15.9. The average Bonchev–Trinajstić information content (AvgIpc) is 4.23. The number of nitrogens with one attached hydrogen (secondary N) is 5. The molecule has 18 nitrogen and oxygen atoms in total. The number of carbonyl (C=O) groups excluding carboxylic acids is 4. The fraction of sp³-hybridized carbons (Fsp3) is 0.417. The molecule has 366 valence electrons. The van der Waals surface area contributed by atoms with Gasteiger partial charge in [0.2, 0.25) is 0 Å². The fourth-order valence-corrected chi connectivity index (χ4v) is 12.0. The molecule has 70 heavy (non-hydrogen) atoms. The lowest BCUT2D eigenvalue weighted by molar-refractivity contribution is -0.133. The van der Waals surface area contributed by atoms with E-state index in [9.17, 15) is 19.2 Å². The van der Waals surface area contributed by atoms with Crippen molar-refractivity contribution in [2.24, 2.45) is 0 Å². The van der Waals surface area contributed by atoms with E-state index < -0.39 is 11.1 Å². The van der Waals surface area contributed by atoms with E-state index in [2.05, 4.69) is 66.3 Å². The number of likely N-dealkylation sites (N-methyl/N-ethyl adjacent to an activating group) is 1. The second-order valence-electron chi connectivity index (χ2n) is 18.7. The number of fused-ring (bicyclic) bond motifs is 3. The summed E-state index contributed by atoms with van der Waals surface area (Å²) < 4.78 is 0. The number of nitrogens with zero attached hydrogens (tertiary/aromatic N) is 9. The molecule has 0 unspecified atom stereocenters. The third kappa shape index (κ3) is 8.85. The van der Waals surface area contributed by atoms with Crippen molar-refractivity contribution in [2.45, 2.75) is 82.3 Å². The zero-order valence-corrected chi connectivity index (χ0v) is 42.0. The van der Waals surface area contributed by atoms with E-state index in [1.54, 1.807) is 23.7 Å². The van der Waals surface area contributed by atoms with Crippen molar-refractivity contribution in [2.75, 3.05) is 60.5 Å². The number of rotatable bonds is 6. The summed E-state index contributed by atoms with van der Waals surface area (Å²) in [6, 6.07) is 10.8. The Morgan fingerprint density at radius 2 is 1.06 bits per heavy atom. The van der Waals surface area contributed by atoms with Gasteiger partial charge in [0.25, 0.3) is 11.8 Å². The number of halogens is 3. The molecule has 5 aliphatic rings. The van der Waals surface area contributed by atoms with Gasteiger partial charge >= 0.3 is 12.1 Å². The molecular formula is C48H53Cl3N14O4S. The molecule has 12 rings (SSSR count). The minimum Gasteiger partial charge on any atom is -0.371 e. The van der Waals surface area contributed by atoms with Crippen molar-refractivity contribution < 1.29 is 19.2 Å². The lowest BCUT2D eigenvalue weighted by Crippen LogP contribution is -2.55. The molecule has 7 aromatic rings. The highest BCUT2D eigenvalue weighted by atomic mass is 35.5. The van der Waals surface area contributed by atoms with E-state index in [-0.39, 0.29) is 29.9 Å². The molecule has 5 fully saturated rings. The third-order valence-electron chi connectivity index (χ3n) is 14.3. The largest absolute Gasteiger partial charge is 0.371 e. The Morgan fingerprint density at radius 3 is 1.44 bits per heavy atom. The van der Waals surface area contributed by atoms with Crippen LogP contribution in [0.5, 0.6) is 0 Å². The van der Waals surface area contributed by atoms with Crippen LogP contribution in [0, 0.1) is 0 Å². The van der Waals surface area contributed by atoms with Gasteiger partial charge in [-0.1, -0.05) is 34.8 Å². The number of aromatic amines is 3. The van der Waals surface area contributed by atoms with Gasteiger partial charge in [0.15, 0.2) is 0 Å². The van der Waals surface area contributed by atoms with Crippen LogP contribution in [-0.2, 0) is 9.59 Å². The van der Waals surface area contributed by atoms with Crippen LogP contribution < -0.4 is 25.3 Å². The van der Waals surface area contributed by atoms with Crippen LogP contribution in [0.1, 0.15) is 70.2 Å². The van der Waals surface area contributed by atoms with Crippen molar-refractivity contribution in [3.8, 4) is 0 Å². The Hall–Kier alpha value is -6.15. The molecule has 0 saturated carbocycles. The first-order valence-electron chi connectivity index (χ1n) is 23.6. The minimum atomic E-state index is -0.772. The molecule has 2 spiro atoms. The summed E-state index contributed by atoms with van der Waals surface area (Å²) in [6.07, 6.45) is 11.9. The van der Waals surface area contributed by atoms with Gasteiger partial charge in [-0.2, -0.15) is 15.3 Å². The molecule has 5 saturated heterocycles. The standard InChI is InChI=1S/C17H20ClN5O2.C16H18ClN5O2.C15H15ClN4S/c1-10(2)23-15(24)17(20-16(23)25)3-5-22(6-4-17)14-8-11(18)7-13-12(14)9-19-21-13;1-2-22-14(23)16(19-15(22)24)3-5-21(6-4-16)13-8-10(17)7-12-11(13)9-18-20-12;16-11-7-13-12(9-18-19-13)14(8-11)20-4-1-10(2-5-20)15-17-3-6-21-15/h7-10H,3-6H2,1-2H3,(H,19,21)(H,20,25);7-9H,2-6H2,1H3,(H,18,20)(H,19,24);3,6-10H,1-2,4-5H2,(H,18,19). The van der Waals surface area contributed by atoms with Crippen LogP contribution in [0.15, 0.2) is 66.6 Å². The van der Waals surface area contributed by atoms with Gasteiger partial charge in [0, 0.05) is 118 Å².